The highest BCUT2D eigenvalue weighted by atomic mass is 79.9. The number of hydrogen-bond acceptors (Lipinski definition) is 2. The van der Waals surface area contributed by atoms with Crippen LogP contribution in [0.1, 0.15) is 28.9 Å². The van der Waals surface area contributed by atoms with E-state index in [2.05, 4.69) is 26.6 Å². The first-order valence-electron chi connectivity index (χ1n) is 6.92. The molecule has 0 saturated carbocycles. The molecule has 2 N–H and O–H groups in total. The lowest BCUT2D eigenvalue weighted by molar-refractivity contribution is -0.113. The molecule has 0 saturated heterocycles. The Morgan fingerprint density at radius 1 is 1.05 bits per heavy atom. The summed E-state index contributed by atoms with van der Waals surface area (Å²) in [6, 6.07) is 16.5. The zero-order valence-electron chi connectivity index (χ0n) is 12.2. The second-order valence-corrected chi connectivity index (χ2v) is 5.43. The smallest absolute Gasteiger partial charge is 0.251 e. The van der Waals surface area contributed by atoms with Crippen LogP contribution in [-0.4, -0.2) is 17.1 Å². The normalized spacial score (nSPS) is 11.5. The molecular weight excluding hydrogens is 344 g/mol. The van der Waals surface area contributed by atoms with Gasteiger partial charge in [-0.1, -0.05) is 46.3 Å². The molecular formula is C17H17BrN2O2. The molecule has 5 heteroatoms. The summed E-state index contributed by atoms with van der Waals surface area (Å²) in [4.78, 5) is 23.5. The lowest BCUT2D eigenvalue weighted by Crippen LogP contribution is -2.26. The Bertz CT molecular complexity index is 641. The number of carbonyl (C=O) groups excluding carboxylic acids is 2. The van der Waals surface area contributed by atoms with E-state index >= 15 is 0 Å². The van der Waals surface area contributed by atoms with Gasteiger partial charge >= 0.3 is 0 Å². The first-order valence-corrected chi connectivity index (χ1v) is 8.04. The molecule has 0 radical (unpaired) electrons. The SMILES string of the molecule is C[C@H](NC(=O)c1ccc(NC(=O)CBr)cc1)c1ccccc1. The highest BCUT2D eigenvalue weighted by molar-refractivity contribution is 9.09. The van der Waals surface area contributed by atoms with E-state index in [1.54, 1.807) is 24.3 Å². The number of alkyl halides is 1. The van der Waals surface area contributed by atoms with Gasteiger partial charge < -0.3 is 10.6 Å². The van der Waals surface area contributed by atoms with Crippen molar-refractivity contribution in [3.8, 4) is 0 Å². The maximum absolute atomic E-state index is 12.2. The van der Waals surface area contributed by atoms with Gasteiger partial charge in [0.05, 0.1) is 11.4 Å². The first-order chi connectivity index (χ1) is 10.6. The minimum absolute atomic E-state index is 0.0681. The quantitative estimate of drug-likeness (QED) is 0.801. The zero-order valence-corrected chi connectivity index (χ0v) is 13.8. The third-order valence-electron chi connectivity index (χ3n) is 3.20. The third-order valence-corrected chi connectivity index (χ3v) is 3.71. The van der Waals surface area contributed by atoms with E-state index in [4.69, 9.17) is 0 Å². The molecule has 2 aromatic rings. The Morgan fingerprint density at radius 2 is 1.68 bits per heavy atom. The Kier molecular flexibility index (Phi) is 5.72. The van der Waals surface area contributed by atoms with Crippen molar-refractivity contribution < 1.29 is 9.59 Å². The number of amides is 2. The average molecular weight is 361 g/mol. The highest BCUT2D eigenvalue weighted by Gasteiger charge is 2.11. The van der Waals surface area contributed by atoms with Gasteiger partial charge in [-0.2, -0.15) is 0 Å². The van der Waals surface area contributed by atoms with Crippen LogP contribution in [0.15, 0.2) is 54.6 Å². The van der Waals surface area contributed by atoms with Crippen LogP contribution in [0.3, 0.4) is 0 Å². The topological polar surface area (TPSA) is 58.2 Å². The van der Waals surface area contributed by atoms with E-state index in [0.717, 1.165) is 5.56 Å². The molecule has 22 heavy (non-hydrogen) atoms. The molecule has 114 valence electrons. The maximum Gasteiger partial charge on any atom is 0.251 e. The van der Waals surface area contributed by atoms with E-state index in [-0.39, 0.29) is 23.2 Å². The fourth-order valence-corrected chi connectivity index (χ4v) is 2.14. The van der Waals surface area contributed by atoms with Crippen LogP contribution in [-0.2, 0) is 4.79 Å². The van der Waals surface area contributed by atoms with E-state index in [1.807, 2.05) is 37.3 Å². The largest absolute Gasteiger partial charge is 0.346 e. The van der Waals surface area contributed by atoms with Gasteiger partial charge in [-0.3, -0.25) is 9.59 Å². The van der Waals surface area contributed by atoms with Crippen LogP contribution in [0.2, 0.25) is 0 Å². The molecule has 0 aliphatic heterocycles. The lowest BCUT2D eigenvalue weighted by Gasteiger charge is -2.14. The second-order valence-electron chi connectivity index (χ2n) is 4.86. The van der Waals surface area contributed by atoms with Gasteiger partial charge in [-0.05, 0) is 36.8 Å². The summed E-state index contributed by atoms with van der Waals surface area (Å²) in [6.07, 6.45) is 0. The van der Waals surface area contributed by atoms with Crippen molar-refractivity contribution in [3.63, 3.8) is 0 Å². The molecule has 0 spiro atoms. The summed E-state index contributed by atoms with van der Waals surface area (Å²) in [5, 5.41) is 5.90. The Morgan fingerprint density at radius 3 is 2.27 bits per heavy atom. The average Bonchev–Trinajstić information content (AvgIpc) is 2.56. The van der Waals surface area contributed by atoms with Gasteiger partial charge in [0.1, 0.15) is 0 Å². The predicted molar refractivity (Wildman–Crippen MR) is 91.2 cm³/mol. The van der Waals surface area contributed by atoms with Crippen molar-refractivity contribution in [3.05, 3.63) is 65.7 Å². The number of rotatable bonds is 5. The van der Waals surface area contributed by atoms with Crippen LogP contribution >= 0.6 is 15.9 Å². The summed E-state index contributed by atoms with van der Waals surface area (Å²) in [5.74, 6) is -0.273. The number of carbonyl (C=O) groups is 2. The molecule has 4 nitrogen and oxygen atoms in total. The van der Waals surface area contributed by atoms with Crippen LogP contribution in [0.25, 0.3) is 0 Å². The number of nitrogens with one attached hydrogen (secondary N) is 2. The molecule has 1 atom stereocenters. The van der Waals surface area contributed by atoms with Gasteiger partial charge in [0, 0.05) is 11.3 Å². The van der Waals surface area contributed by atoms with Gasteiger partial charge in [0.2, 0.25) is 5.91 Å². The van der Waals surface area contributed by atoms with Crippen molar-refractivity contribution in [1.82, 2.24) is 5.32 Å². The Balaban J connectivity index is 1.99. The second kappa shape index (κ2) is 7.75. The minimum Gasteiger partial charge on any atom is -0.346 e. The lowest BCUT2D eigenvalue weighted by atomic mass is 10.1. The summed E-state index contributed by atoms with van der Waals surface area (Å²) in [7, 11) is 0. The van der Waals surface area contributed by atoms with Crippen LogP contribution < -0.4 is 10.6 Å². The Hall–Kier alpha value is -2.14. The molecule has 0 aliphatic carbocycles. The van der Waals surface area contributed by atoms with Gasteiger partial charge in [-0.15, -0.1) is 0 Å². The molecule has 0 bridgehead atoms. The van der Waals surface area contributed by atoms with Gasteiger partial charge in [-0.25, -0.2) is 0 Å². The number of hydrogen-bond donors (Lipinski definition) is 2. The minimum atomic E-state index is -0.144. The van der Waals surface area contributed by atoms with Crippen molar-refractivity contribution in [2.24, 2.45) is 0 Å². The van der Waals surface area contributed by atoms with Crippen molar-refractivity contribution in [2.45, 2.75) is 13.0 Å². The van der Waals surface area contributed by atoms with E-state index in [9.17, 15) is 9.59 Å². The van der Waals surface area contributed by atoms with Crippen LogP contribution in [0.5, 0.6) is 0 Å². The molecule has 0 heterocycles. The monoisotopic (exact) mass is 360 g/mol. The number of anilines is 1. The fourth-order valence-electron chi connectivity index (χ4n) is 2.00. The van der Waals surface area contributed by atoms with Gasteiger partial charge in [0.25, 0.3) is 5.91 Å². The summed E-state index contributed by atoms with van der Waals surface area (Å²) < 4.78 is 0. The van der Waals surface area contributed by atoms with E-state index < -0.39 is 0 Å². The standard InChI is InChI=1S/C17H17BrN2O2/c1-12(13-5-3-2-4-6-13)19-17(22)14-7-9-15(10-8-14)20-16(21)11-18/h2-10,12H,11H2,1H3,(H,19,22)(H,20,21)/t12-/m0/s1. The van der Waals surface area contributed by atoms with Crippen molar-refractivity contribution in [1.29, 1.82) is 0 Å². The summed E-state index contributed by atoms with van der Waals surface area (Å²) in [6.45, 7) is 1.94. The van der Waals surface area contributed by atoms with E-state index in [1.165, 1.54) is 0 Å². The zero-order chi connectivity index (χ0) is 15.9. The predicted octanol–water partition coefficient (Wildman–Crippen LogP) is 3.51. The number of halogens is 1. The highest BCUT2D eigenvalue weighted by Crippen LogP contribution is 2.14. The first kappa shape index (κ1) is 16.2. The van der Waals surface area contributed by atoms with Crippen LogP contribution in [0, 0.1) is 0 Å². The molecule has 0 unspecified atom stereocenters. The van der Waals surface area contributed by atoms with Gasteiger partial charge in [0.15, 0.2) is 0 Å². The van der Waals surface area contributed by atoms with Crippen molar-refractivity contribution in [2.75, 3.05) is 10.6 Å². The summed E-state index contributed by atoms with van der Waals surface area (Å²) in [5.41, 5.74) is 2.27. The number of benzene rings is 2. The molecule has 2 amide bonds. The molecule has 0 fully saturated rings. The molecule has 0 aliphatic rings. The van der Waals surface area contributed by atoms with Crippen LogP contribution in [0.4, 0.5) is 5.69 Å². The molecule has 0 aromatic heterocycles. The third kappa shape index (κ3) is 4.43. The molecule has 2 aromatic carbocycles. The molecule has 2 rings (SSSR count). The Labute approximate surface area is 138 Å². The summed E-state index contributed by atoms with van der Waals surface area (Å²) >= 11 is 3.08. The maximum atomic E-state index is 12.2. The fraction of sp³-hybridized carbons (Fsp3) is 0.176. The van der Waals surface area contributed by atoms with Crippen molar-refractivity contribution >= 4 is 33.4 Å². The van der Waals surface area contributed by atoms with E-state index in [0.29, 0.717) is 11.3 Å².